The first-order valence-corrected chi connectivity index (χ1v) is 5.95. The number of esters is 1. The predicted octanol–water partition coefficient (Wildman–Crippen LogP) is 1.73. The van der Waals surface area contributed by atoms with Crippen molar-refractivity contribution in [3.05, 3.63) is 29.8 Å². The number of hydrogen-bond donors (Lipinski definition) is 0. The highest BCUT2D eigenvalue weighted by Gasteiger charge is 2.08. The third-order valence-corrected chi connectivity index (χ3v) is 2.52. The first-order valence-electron chi connectivity index (χ1n) is 5.95. The summed E-state index contributed by atoms with van der Waals surface area (Å²) in [5.41, 5.74) is 1.00. The molecule has 0 aliphatic heterocycles. The number of methoxy groups -OCH3 is 2. The zero-order valence-electron chi connectivity index (χ0n) is 11.2. The molecule has 0 amide bonds. The summed E-state index contributed by atoms with van der Waals surface area (Å²) in [6.07, 6.45) is 0.0215. The van der Waals surface area contributed by atoms with Crippen LogP contribution >= 0.6 is 0 Å². The van der Waals surface area contributed by atoms with Gasteiger partial charge in [0.25, 0.3) is 0 Å². The van der Waals surface area contributed by atoms with Crippen molar-refractivity contribution in [2.75, 3.05) is 20.8 Å². The fourth-order valence-electron chi connectivity index (χ4n) is 1.42. The number of ether oxygens (including phenoxy) is 3. The van der Waals surface area contributed by atoms with Gasteiger partial charge in [0.1, 0.15) is 18.0 Å². The van der Waals surface area contributed by atoms with E-state index in [0.29, 0.717) is 13.2 Å². The Bertz CT molecular complexity index is 410. The van der Waals surface area contributed by atoms with Crippen LogP contribution in [0.15, 0.2) is 24.3 Å². The molecule has 0 unspecified atom stereocenters. The van der Waals surface area contributed by atoms with Gasteiger partial charge < -0.3 is 14.2 Å². The van der Waals surface area contributed by atoms with Gasteiger partial charge in [-0.3, -0.25) is 9.59 Å². The molecular formula is C14H18O5. The number of hydrogen-bond acceptors (Lipinski definition) is 5. The molecular weight excluding hydrogens is 248 g/mol. The van der Waals surface area contributed by atoms with Crippen molar-refractivity contribution in [1.29, 1.82) is 0 Å². The average Bonchev–Trinajstić information content (AvgIpc) is 2.44. The topological polar surface area (TPSA) is 61.8 Å². The first kappa shape index (κ1) is 15.2. The van der Waals surface area contributed by atoms with Crippen molar-refractivity contribution >= 4 is 11.8 Å². The first-order chi connectivity index (χ1) is 9.15. The molecule has 0 spiro atoms. The molecule has 0 fully saturated rings. The molecule has 0 aromatic heterocycles. The van der Waals surface area contributed by atoms with Gasteiger partial charge in [0.05, 0.1) is 27.4 Å². The van der Waals surface area contributed by atoms with Crippen LogP contribution in [0.5, 0.6) is 5.75 Å². The molecule has 104 valence electrons. The quantitative estimate of drug-likeness (QED) is 0.407. The van der Waals surface area contributed by atoms with Gasteiger partial charge >= 0.3 is 5.97 Å². The number of rotatable bonds is 8. The van der Waals surface area contributed by atoms with Crippen molar-refractivity contribution < 1.29 is 23.8 Å². The number of carbonyl (C=O) groups is 2. The van der Waals surface area contributed by atoms with Crippen LogP contribution in [0.1, 0.15) is 18.4 Å². The van der Waals surface area contributed by atoms with E-state index in [1.807, 2.05) is 24.3 Å². The van der Waals surface area contributed by atoms with E-state index < -0.39 is 5.97 Å². The highest BCUT2D eigenvalue weighted by molar-refractivity contribution is 5.95. The highest BCUT2D eigenvalue weighted by atomic mass is 16.5. The van der Waals surface area contributed by atoms with Gasteiger partial charge in [0, 0.05) is 6.42 Å². The Balaban J connectivity index is 2.19. The predicted molar refractivity (Wildman–Crippen MR) is 68.9 cm³/mol. The Morgan fingerprint density at radius 1 is 1.11 bits per heavy atom. The van der Waals surface area contributed by atoms with Crippen molar-refractivity contribution in [2.24, 2.45) is 0 Å². The summed E-state index contributed by atoms with van der Waals surface area (Å²) in [7, 11) is 2.87. The third-order valence-electron chi connectivity index (χ3n) is 2.52. The minimum Gasteiger partial charge on any atom is -0.497 e. The lowest BCUT2D eigenvalue weighted by Crippen LogP contribution is -2.11. The summed E-state index contributed by atoms with van der Waals surface area (Å²) >= 11 is 0. The Labute approximate surface area is 112 Å². The number of ketones is 1. The van der Waals surface area contributed by atoms with E-state index in [1.165, 1.54) is 7.11 Å². The molecule has 0 saturated carbocycles. The van der Waals surface area contributed by atoms with E-state index in [2.05, 4.69) is 4.74 Å². The van der Waals surface area contributed by atoms with Crippen molar-refractivity contribution in [2.45, 2.75) is 19.4 Å². The Morgan fingerprint density at radius 2 is 1.79 bits per heavy atom. The monoisotopic (exact) mass is 266 g/mol. The minimum atomic E-state index is -0.514. The van der Waals surface area contributed by atoms with Crippen LogP contribution in [0.3, 0.4) is 0 Å². The molecule has 0 atom stereocenters. The lowest BCUT2D eigenvalue weighted by atomic mass is 10.2. The van der Waals surface area contributed by atoms with E-state index >= 15 is 0 Å². The smallest absolute Gasteiger partial charge is 0.313 e. The molecule has 1 aromatic rings. The molecule has 5 nitrogen and oxygen atoms in total. The highest BCUT2D eigenvalue weighted by Crippen LogP contribution is 2.11. The van der Waals surface area contributed by atoms with Gasteiger partial charge in [0.2, 0.25) is 0 Å². The zero-order valence-corrected chi connectivity index (χ0v) is 11.2. The van der Waals surface area contributed by atoms with Gasteiger partial charge in [-0.05, 0) is 17.7 Å². The molecule has 0 radical (unpaired) electrons. The second kappa shape index (κ2) is 8.26. The maximum atomic E-state index is 11.3. The standard InChI is InChI=1S/C14H18O5/c1-17-13-5-3-11(4-6-13)10-19-8-7-12(15)9-14(16)18-2/h3-6H,7-10H2,1-2H3. The third kappa shape index (κ3) is 6.01. The lowest BCUT2D eigenvalue weighted by Gasteiger charge is -2.05. The molecule has 1 aromatic carbocycles. The van der Waals surface area contributed by atoms with Gasteiger partial charge in [0.15, 0.2) is 0 Å². The summed E-state index contributed by atoms with van der Waals surface area (Å²) < 4.78 is 14.8. The number of carbonyl (C=O) groups excluding carboxylic acids is 2. The average molecular weight is 266 g/mol. The molecule has 0 aliphatic rings. The van der Waals surface area contributed by atoms with Crippen LogP contribution in [-0.4, -0.2) is 32.6 Å². The fourth-order valence-corrected chi connectivity index (χ4v) is 1.42. The maximum absolute atomic E-state index is 11.3. The van der Waals surface area contributed by atoms with Gasteiger partial charge in [-0.2, -0.15) is 0 Å². The molecule has 1 rings (SSSR count). The summed E-state index contributed by atoms with van der Waals surface area (Å²) in [6, 6.07) is 7.49. The Kier molecular flexibility index (Phi) is 6.60. The SMILES string of the molecule is COC(=O)CC(=O)CCOCc1ccc(OC)cc1. The normalized spacial score (nSPS) is 10.0. The molecule has 0 N–H and O–H groups in total. The second-order valence-electron chi connectivity index (χ2n) is 3.94. The lowest BCUT2D eigenvalue weighted by molar-refractivity contribution is -0.143. The summed E-state index contributed by atoms with van der Waals surface area (Å²) in [5, 5.41) is 0. The summed E-state index contributed by atoms with van der Waals surface area (Å²) in [5.74, 6) is 0.0961. The van der Waals surface area contributed by atoms with Crippen LogP contribution in [0.2, 0.25) is 0 Å². The molecule has 0 aliphatic carbocycles. The second-order valence-corrected chi connectivity index (χ2v) is 3.94. The van der Waals surface area contributed by atoms with E-state index in [4.69, 9.17) is 9.47 Å². The van der Waals surface area contributed by atoms with Crippen molar-refractivity contribution in [3.63, 3.8) is 0 Å². The summed E-state index contributed by atoms with van der Waals surface area (Å²) in [6.45, 7) is 0.720. The fraction of sp³-hybridized carbons (Fsp3) is 0.429. The summed E-state index contributed by atoms with van der Waals surface area (Å²) in [4.78, 5) is 22.2. The number of Topliss-reactive ketones (excluding diaryl/α,β-unsaturated/α-hetero) is 1. The zero-order chi connectivity index (χ0) is 14.1. The van der Waals surface area contributed by atoms with Crippen LogP contribution in [0.25, 0.3) is 0 Å². The van der Waals surface area contributed by atoms with Crippen LogP contribution in [0.4, 0.5) is 0 Å². The van der Waals surface area contributed by atoms with Crippen LogP contribution < -0.4 is 4.74 Å². The maximum Gasteiger partial charge on any atom is 0.313 e. The van der Waals surface area contributed by atoms with E-state index in [-0.39, 0.29) is 18.6 Å². The molecule has 0 saturated heterocycles. The van der Waals surface area contributed by atoms with Crippen LogP contribution in [0, 0.1) is 0 Å². The molecule has 0 bridgehead atoms. The van der Waals surface area contributed by atoms with Crippen molar-refractivity contribution in [3.8, 4) is 5.75 Å². The molecule has 19 heavy (non-hydrogen) atoms. The minimum absolute atomic E-state index is 0.179. The largest absolute Gasteiger partial charge is 0.497 e. The van der Waals surface area contributed by atoms with Gasteiger partial charge in [-0.15, -0.1) is 0 Å². The Morgan fingerprint density at radius 3 is 2.37 bits per heavy atom. The van der Waals surface area contributed by atoms with Crippen LogP contribution in [-0.2, 0) is 25.7 Å². The molecule has 5 heteroatoms. The van der Waals surface area contributed by atoms with E-state index in [9.17, 15) is 9.59 Å². The number of benzene rings is 1. The van der Waals surface area contributed by atoms with Gasteiger partial charge in [-0.1, -0.05) is 12.1 Å². The van der Waals surface area contributed by atoms with E-state index in [1.54, 1.807) is 7.11 Å². The van der Waals surface area contributed by atoms with Gasteiger partial charge in [-0.25, -0.2) is 0 Å². The Hall–Kier alpha value is -1.88. The van der Waals surface area contributed by atoms with Crippen molar-refractivity contribution in [1.82, 2.24) is 0 Å². The molecule has 0 heterocycles. The van der Waals surface area contributed by atoms with E-state index in [0.717, 1.165) is 11.3 Å².